The molecule has 8 heteroatoms. The summed E-state index contributed by atoms with van der Waals surface area (Å²) in [4.78, 5) is 16.8. The lowest BCUT2D eigenvalue weighted by atomic mass is 9.81. The summed E-state index contributed by atoms with van der Waals surface area (Å²) in [6.07, 6.45) is 1.44. The molecule has 1 aliphatic rings. The zero-order valence-electron chi connectivity index (χ0n) is 16.7. The number of halogens is 1. The number of benzene rings is 1. The standard InChI is InChI=1S/C20H26FN3O4/c1-20(12-25)7-9-24(10-8-20)19(26)16-17(28-22-18(16)23(2)3)13-5-6-14(21)15(11-13)27-4/h5-6,11,25H,7-10,12H2,1-4H3. The Balaban J connectivity index is 1.98. The van der Waals surface area contributed by atoms with Crippen molar-refractivity contribution in [1.82, 2.24) is 10.1 Å². The Bertz CT molecular complexity index is 857. The largest absolute Gasteiger partial charge is 0.494 e. The van der Waals surface area contributed by atoms with Crippen LogP contribution in [0, 0.1) is 11.2 Å². The molecule has 2 aromatic rings. The average Bonchev–Trinajstić information content (AvgIpc) is 3.14. The monoisotopic (exact) mass is 391 g/mol. The van der Waals surface area contributed by atoms with Crippen molar-refractivity contribution in [2.75, 3.05) is 45.8 Å². The second-order valence-corrected chi connectivity index (χ2v) is 7.72. The van der Waals surface area contributed by atoms with Crippen LogP contribution < -0.4 is 9.64 Å². The molecule has 0 spiro atoms. The van der Waals surface area contributed by atoms with Gasteiger partial charge in [-0.3, -0.25) is 4.79 Å². The fourth-order valence-electron chi connectivity index (χ4n) is 3.34. The molecule has 0 atom stereocenters. The Kier molecular flexibility index (Phi) is 5.60. The van der Waals surface area contributed by atoms with Crippen LogP contribution in [0.2, 0.25) is 0 Å². The molecule has 1 aromatic carbocycles. The van der Waals surface area contributed by atoms with Crippen LogP contribution in [0.3, 0.4) is 0 Å². The highest BCUT2D eigenvalue weighted by Gasteiger charge is 2.35. The van der Waals surface area contributed by atoms with E-state index >= 15 is 0 Å². The zero-order chi connectivity index (χ0) is 20.5. The number of ether oxygens (including phenoxy) is 1. The first kappa shape index (κ1) is 20.1. The molecule has 1 aromatic heterocycles. The topological polar surface area (TPSA) is 79.0 Å². The van der Waals surface area contributed by atoms with E-state index in [0.29, 0.717) is 30.0 Å². The van der Waals surface area contributed by atoms with Gasteiger partial charge in [0.15, 0.2) is 23.1 Å². The van der Waals surface area contributed by atoms with E-state index in [1.54, 1.807) is 23.9 Å². The minimum Gasteiger partial charge on any atom is -0.494 e. The van der Waals surface area contributed by atoms with Crippen molar-refractivity contribution < 1.29 is 23.6 Å². The van der Waals surface area contributed by atoms with Crippen molar-refractivity contribution in [2.24, 2.45) is 5.41 Å². The van der Waals surface area contributed by atoms with E-state index in [1.807, 2.05) is 6.92 Å². The third-order valence-electron chi connectivity index (χ3n) is 5.36. The SMILES string of the molecule is COc1cc(-c2onc(N(C)C)c2C(=O)N2CCC(C)(CO)CC2)ccc1F. The molecule has 1 fully saturated rings. The lowest BCUT2D eigenvalue weighted by Crippen LogP contribution is -2.43. The van der Waals surface area contributed by atoms with E-state index in [4.69, 9.17) is 9.26 Å². The van der Waals surface area contributed by atoms with Gasteiger partial charge in [-0.1, -0.05) is 12.1 Å². The molecule has 0 aliphatic carbocycles. The number of carbonyl (C=O) groups excluding carboxylic acids is 1. The minimum atomic E-state index is -0.495. The lowest BCUT2D eigenvalue weighted by molar-refractivity contribution is 0.0440. The van der Waals surface area contributed by atoms with Crippen molar-refractivity contribution in [3.63, 3.8) is 0 Å². The molecule has 3 rings (SSSR count). The number of methoxy groups -OCH3 is 1. The molecule has 0 unspecified atom stereocenters. The number of likely N-dealkylation sites (tertiary alicyclic amines) is 1. The summed E-state index contributed by atoms with van der Waals surface area (Å²) >= 11 is 0. The summed E-state index contributed by atoms with van der Waals surface area (Å²) in [5, 5.41) is 13.6. The van der Waals surface area contributed by atoms with Crippen LogP contribution in [0.5, 0.6) is 5.75 Å². The average molecular weight is 391 g/mol. The van der Waals surface area contributed by atoms with E-state index in [-0.39, 0.29) is 29.4 Å². The van der Waals surface area contributed by atoms with E-state index in [1.165, 1.54) is 25.3 Å². The van der Waals surface area contributed by atoms with Crippen molar-refractivity contribution in [3.8, 4) is 17.1 Å². The molecule has 1 amide bonds. The van der Waals surface area contributed by atoms with E-state index in [0.717, 1.165) is 12.8 Å². The van der Waals surface area contributed by atoms with E-state index in [2.05, 4.69) is 5.16 Å². The van der Waals surface area contributed by atoms with Crippen LogP contribution in [-0.2, 0) is 0 Å². The van der Waals surface area contributed by atoms with Gasteiger partial charge in [0, 0.05) is 39.4 Å². The van der Waals surface area contributed by atoms with Gasteiger partial charge in [-0.05, 0) is 36.5 Å². The highest BCUT2D eigenvalue weighted by molar-refractivity contribution is 6.04. The van der Waals surface area contributed by atoms with Crippen LogP contribution in [0.15, 0.2) is 22.7 Å². The number of carbonyl (C=O) groups is 1. The first-order valence-corrected chi connectivity index (χ1v) is 9.20. The summed E-state index contributed by atoms with van der Waals surface area (Å²) in [5.41, 5.74) is 0.689. The number of rotatable bonds is 5. The van der Waals surface area contributed by atoms with Gasteiger partial charge in [-0.15, -0.1) is 0 Å². The first-order chi connectivity index (χ1) is 13.3. The quantitative estimate of drug-likeness (QED) is 0.844. The Morgan fingerprint density at radius 3 is 2.64 bits per heavy atom. The smallest absolute Gasteiger partial charge is 0.261 e. The van der Waals surface area contributed by atoms with Crippen LogP contribution in [-0.4, -0.2) is 62.0 Å². The van der Waals surface area contributed by atoms with Gasteiger partial charge < -0.3 is 24.2 Å². The Morgan fingerprint density at radius 2 is 2.07 bits per heavy atom. The fourth-order valence-corrected chi connectivity index (χ4v) is 3.34. The molecule has 0 radical (unpaired) electrons. The summed E-state index contributed by atoms with van der Waals surface area (Å²) in [5.74, 6) is 0.0747. The van der Waals surface area contributed by atoms with Gasteiger partial charge in [0.2, 0.25) is 0 Å². The van der Waals surface area contributed by atoms with Crippen molar-refractivity contribution >= 4 is 11.7 Å². The number of hydrogen-bond donors (Lipinski definition) is 1. The van der Waals surface area contributed by atoms with Gasteiger partial charge >= 0.3 is 0 Å². The number of piperidine rings is 1. The number of aromatic nitrogens is 1. The van der Waals surface area contributed by atoms with Gasteiger partial charge in [-0.25, -0.2) is 4.39 Å². The molecular weight excluding hydrogens is 365 g/mol. The molecule has 152 valence electrons. The minimum absolute atomic E-state index is 0.0652. The number of hydrogen-bond acceptors (Lipinski definition) is 6. The van der Waals surface area contributed by atoms with E-state index < -0.39 is 5.82 Å². The molecule has 1 aliphatic heterocycles. The van der Waals surface area contributed by atoms with Crippen molar-refractivity contribution in [1.29, 1.82) is 0 Å². The van der Waals surface area contributed by atoms with Gasteiger partial charge in [0.1, 0.15) is 5.56 Å². The number of anilines is 1. The predicted octanol–water partition coefficient (Wildman–Crippen LogP) is 2.79. The summed E-state index contributed by atoms with van der Waals surface area (Å²) in [7, 11) is 4.94. The number of aliphatic hydroxyl groups is 1. The molecule has 28 heavy (non-hydrogen) atoms. The Hall–Kier alpha value is -2.61. The van der Waals surface area contributed by atoms with Crippen LogP contribution in [0.25, 0.3) is 11.3 Å². The van der Waals surface area contributed by atoms with Gasteiger partial charge in [0.25, 0.3) is 5.91 Å². The predicted molar refractivity (Wildman–Crippen MR) is 103 cm³/mol. The molecule has 1 N–H and O–H groups in total. The zero-order valence-corrected chi connectivity index (χ0v) is 16.7. The highest BCUT2D eigenvalue weighted by Crippen LogP contribution is 2.36. The van der Waals surface area contributed by atoms with Crippen LogP contribution >= 0.6 is 0 Å². The molecule has 7 nitrogen and oxygen atoms in total. The summed E-state index contributed by atoms with van der Waals surface area (Å²) < 4.78 is 24.3. The number of nitrogens with zero attached hydrogens (tertiary/aromatic N) is 3. The molecule has 0 saturated carbocycles. The van der Waals surface area contributed by atoms with Crippen LogP contribution in [0.4, 0.5) is 10.2 Å². The first-order valence-electron chi connectivity index (χ1n) is 9.20. The number of aliphatic hydroxyl groups excluding tert-OH is 1. The maximum Gasteiger partial charge on any atom is 0.261 e. The van der Waals surface area contributed by atoms with Gasteiger partial charge in [-0.2, -0.15) is 0 Å². The molecule has 1 saturated heterocycles. The van der Waals surface area contributed by atoms with E-state index in [9.17, 15) is 14.3 Å². The second kappa shape index (κ2) is 7.79. The highest BCUT2D eigenvalue weighted by atomic mass is 19.1. The third kappa shape index (κ3) is 3.69. The second-order valence-electron chi connectivity index (χ2n) is 7.72. The summed E-state index contributed by atoms with van der Waals surface area (Å²) in [6.45, 7) is 3.21. The normalized spacial score (nSPS) is 16.1. The maximum atomic E-state index is 13.8. The molecular formula is C20H26FN3O4. The lowest BCUT2D eigenvalue weighted by Gasteiger charge is -2.38. The maximum absolute atomic E-state index is 13.8. The Labute approximate surface area is 163 Å². The van der Waals surface area contributed by atoms with Crippen LogP contribution in [0.1, 0.15) is 30.1 Å². The number of amides is 1. The van der Waals surface area contributed by atoms with Crippen molar-refractivity contribution in [3.05, 3.63) is 29.6 Å². The molecule has 0 bridgehead atoms. The van der Waals surface area contributed by atoms with Gasteiger partial charge in [0.05, 0.1) is 7.11 Å². The fraction of sp³-hybridized carbons (Fsp3) is 0.500. The van der Waals surface area contributed by atoms with Crippen molar-refractivity contribution in [2.45, 2.75) is 19.8 Å². The Morgan fingerprint density at radius 1 is 1.39 bits per heavy atom. The molecule has 2 heterocycles. The summed E-state index contributed by atoms with van der Waals surface area (Å²) in [6, 6.07) is 4.30. The third-order valence-corrected chi connectivity index (χ3v) is 5.36.